The van der Waals surface area contributed by atoms with E-state index in [0.717, 1.165) is 5.56 Å². The molecule has 0 amide bonds. The summed E-state index contributed by atoms with van der Waals surface area (Å²) >= 11 is 0. The van der Waals surface area contributed by atoms with Crippen LogP contribution in [0.15, 0.2) is 24.3 Å². The van der Waals surface area contributed by atoms with E-state index in [4.69, 9.17) is 0 Å². The number of halogens is 3. The van der Waals surface area contributed by atoms with E-state index in [1.807, 2.05) is 0 Å². The Balaban J connectivity index is 1.90. The van der Waals surface area contributed by atoms with Crippen LogP contribution in [0.3, 0.4) is 0 Å². The third-order valence-electron chi connectivity index (χ3n) is 3.36. The summed E-state index contributed by atoms with van der Waals surface area (Å²) in [6.07, 6.45) is -0.0969. The van der Waals surface area contributed by atoms with Crippen LogP contribution in [0.5, 0.6) is 0 Å². The summed E-state index contributed by atoms with van der Waals surface area (Å²) < 4.78 is 44.4. The average molecular weight is 302 g/mol. The fraction of sp³-hybridized carbons (Fsp3) is 0.500. The molecule has 116 valence electrons. The molecule has 1 heterocycles. The maximum Gasteiger partial charge on any atom is 0.324 e. The lowest BCUT2D eigenvalue weighted by Gasteiger charge is -2.22. The van der Waals surface area contributed by atoms with E-state index in [9.17, 15) is 18.0 Å². The lowest BCUT2D eigenvalue weighted by Crippen LogP contribution is -2.47. The average Bonchev–Trinajstić information content (AvgIpc) is 2.73. The van der Waals surface area contributed by atoms with E-state index >= 15 is 0 Å². The van der Waals surface area contributed by atoms with Crippen molar-refractivity contribution in [3.8, 4) is 0 Å². The third kappa shape index (κ3) is 4.18. The van der Waals surface area contributed by atoms with Crippen LogP contribution in [0.2, 0.25) is 0 Å². The Bertz CT molecular complexity index is 511. The number of hydrogen-bond acceptors (Lipinski definition) is 4. The van der Waals surface area contributed by atoms with Gasteiger partial charge in [0.05, 0.1) is 13.7 Å². The van der Waals surface area contributed by atoms with E-state index in [0.29, 0.717) is 13.0 Å². The first-order valence-electron chi connectivity index (χ1n) is 6.61. The second kappa shape index (κ2) is 6.44. The Hall–Kier alpha value is -1.60. The molecule has 1 aliphatic rings. The zero-order valence-electron chi connectivity index (χ0n) is 11.6. The van der Waals surface area contributed by atoms with Crippen molar-refractivity contribution in [1.82, 2.24) is 10.4 Å². The molecule has 1 aliphatic heterocycles. The number of benzene rings is 1. The van der Waals surface area contributed by atoms with Crippen LogP contribution in [-0.2, 0) is 16.0 Å². The minimum absolute atomic E-state index is 0.326. The molecule has 1 N–H and O–H groups in total. The molecule has 1 fully saturated rings. The van der Waals surface area contributed by atoms with Gasteiger partial charge in [-0.1, -0.05) is 12.1 Å². The second-order valence-electron chi connectivity index (χ2n) is 5.01. The molecule has 0 bridgehead atoms. The number of nitrogens with zero attached hydrogens (tertiary/aromatic N) is 1. The van der Waals surface area contributed by atoms with E-state index in [1.54, 1.807) is 12.1 Å². The summed E-state index contributed by atoms with van der Waals surface area (Å²) in [4.78, 5) is 11.5. The summed E-state index contributed by atoms with van der Waals surface area (Å²) in [5, 5.41) is 1.20. The van der Waals surface area contributed by atoms with E-state index in [2.05, 4.69) is 10.2 Å². The van der Waals surface area contributed by atoms with Gasteiger partial charge in [0.15, 0.2) is 0 Å². The maximum absolute atomic E-state index is 13.4. The molecule has 0 saturated carbocycles. The van der Waals surface area contributed by atoms with Crippen molar-refractivity contribution in [1.29, 1.82) is 0 Å². The Morgan fingerprint density at radius 3 is 2.95 bits per heavy atom. The highest BCUT2D eigenvalue weighted by molar-refractivity contribution is 5.76. The molecule has 0 aliphatic carbocycles. The molecule has 1 atom stereocenters. The third-order valence-corrected chi connectivity index (χ3v) is 3.36. The second-order valence-corrected chi connectivity index (χ2v) is 5.01. The van der Waals surface area contributed by atoms with Gasteiger partial charge in [0.25, 0.3) is 5.92 Å². The molecule has 1 unspecified atom stereocenters. The largest absolute Gasteiger partial charge is 0.468 e. The van der Waals surface area contributed by atoms with Crippen molar-refractivity contribution in [3.05, 3.63) is 35.6 Å². The van der Waals surface area contributed by atoms with Crippen molar-refractivity contribution < 1.29 is 22.7 Å². The molecule has 1 aromatic rings. The van der Waals surface area contributed by atoms with Crippen molar-refractivity contribution in [3.63, 3.8) is 0 Å². The molecule has 4 nitrogen and oxygen atoms in total. The molecular formula is C14H17F3N2O2. The smallest absolute Gasteiger partial charge is 0.324 e. The van der Waals surface area contributed by atoms with Gasteiger partial charge in [0.1, 0.15) is 11.9 Å². The summed E-state index contributed by atoms with van der Waals surface area (Å²) in [7, 11) is 1.17. The molecule has 0 radical (unpaired) electrons. The Labute approximate surface area is 120 Å². The standard InChI is InChI=1S/C14H17F3N2O2/c1-21-13(20)12-8-14(16,17)9-19(12)18-6-5-10-3-2-4-11(15)7-10/h2-4,7,12,18H,5-6,8-9H2,1H3. The molecular weight excluding hydrogens is 285 g/mol. The van der Waals surface area contributed by atoms with Crippen LogP contribution in [0.4, 0.5) is 13.2 Å². The molecule has 1 aromatic carbocycles. The first kappa shape index (κ1) is 15.8. The van der Waals surface area contributed by atoms with Gasteiger partial charge in [-0.3, -0.25) is 10.2 Å². The summed E-state index contributed by atoms with van der Waals surface area (Å²) in [6.45, 7) is -0.219. The zero-order valence-corrected chi connectivity index (χ0v) is 11.6. The van der Waals surface area contributed by atoms with Crippen LogP contribution >= 0.6 is 0 Å². The number of carbonyl (C=O) groups is 1. The predicted molar refractivity (Wildman–Crippen MR) is 70.2 cm³/mol. The first-order valence-corrected chi connectivity index (χ1v) is 6.61. The van der Waals surface area contributed by atoms with E-state index < -0.39 is 30.9 Å². The van der Waals surface area contributed by atoms with Gasteiger partial charge in [0.2, 0.25) is 0 Å². The topological polar surface area (TPSA) is 41.6 Å². The number of alkyl halides is 2. The number of carbonyl (C=O) groups excluding carboxylic acids is 1. The molecule has 7 heteroatoms. The quantitative estimate of drug-likeness (QED) is 0.842. The number of ether oxygens (including phenoxy) is 1. The van der Waals surface area contributed by atoms with Crippen LogP contribution in [0.25, 0.3) is 0 Å². The van der Waals surface area contributed by atoms with Crippen LogP contribution < -0.4 is 5.43 Å². The van der Waals surface area contributed by atoms with Gasteiger partial charge in [0, 0.05) is 13.0 Å². The number of hydrazine groups is 1. The van der Waals surface area contributed by atoms with Gasteiger partial charge >= 0.3 is 5.97 Å². The van der Waals surface area contributed by atoms with E-state index in [-0.39, 0.29) is 5.82 Å². The predicted octanol–water partition coefficient (Wildman–Crippen LogP) is 1.76. The fourth-order valence-corrected chi connectivity index (χ4v) is 2.37. The number of hydrogen-bond donors (Lipinski definition) is 1. The van der Waals surface area contributed by atoms with Gasteiger partial charge in [-0.15, -0.1) is 0 Å². The minimum Gasteiger partial charge on any atom is -0.468 e. The zero-order chi connectivity index (χ0) is 15.5. The van der Waals surface area contributed by atoms with Gasteiger partial charge in [-0.05, 0) is 24.1 Å². The lowest BCUT2D eigenvalue weighted by molar-refractivity contribution is -0.147. The Morgan fingerprint density at radius 2 is 2.29 bits per heavy atom. The summed E-state index contributed by atoms with van der Waals surface area (Å²) in [5.74, 6) is -3.96. The van der Waals surface area contributed by atoms with Crippen LogP contribution in [0.1, 0.15) is 12.0 Å². The summed E-state index contributed by atoms with van der Waals surface area (Å²) in [6, 6.07) is 5.06. The van der Waals surface area contributed by atoms with Crippen LogP contribution in [0, 0.1) is 5.82 Å². The van der Waals surface area contributed by atoms with Crippen molar-refractivity contribution >= 4 is 5.97 Å². The number of nitrogens with one attached hydrogen (secondary N) is 1. The molecule has 2 rings (SSSR count). The number of methoxy groups -OCH3 is 1. The minimum atomic E-state index is -2.93. The van der Waals surface area contributed by atoms with Crippen molar-refractivity contribution in [2.45, 2.75) is 24.8 Å². The van der Waals surface area contributed by atoms with Gasteiger partial charge in [-0.2, -0.15) is 0 Å². The first-order chi connectivity index (χ1) is 9.91. The van der Waals surface area contributed by atoms with Gasteiger partial charge < -0.3 is 4.74 Å². The highest BCUT2D eigenvalue weighted by atomic mass is 19.3. The Kier molecular flexibility index (Phi) is 4.84. The highest BCUT2D eigenvalue weighted by Gasteiger charge is 2.48. The van der Waals surface area contributed by atoms with Crippen LogP contribution in [-0.4, -0.2) is 43.1 Å². The number of esters is 1. The normalized spacial score (nSPS) is 21.4. The van der Waals surface area contributed by atoms with Crippen molar-refractivity contribution in [2.24, 2.45) is 0 Å². The molecule has 1 saturated heterocycles. The fourth-order valence-electron chi connectivity index (χ4n) is 2.37. The number of rotatable bonds is 5. The summed E-state index contributed by atoms with van der Waals surface area (Å²) in [5.41, 5.74) is 3.55. The maximum atomic E-state index is 13.4. The lowest BCUT2D eigenvalue weighted by atomic mass is 10.1. The molecule has 21 heavy (non-hydrogen) atoms. The van der Waals surface area contributed by atoms with Crippen molar-refractivity contribution in [2.75, 3.05) is 20.2 Å². The molecule has 0 aromatic heterocycles. The highest BCUT2D eigenvalue weighted by Crippen LogP contribution is 2.31. The van der Waals surface area contributed by atoms with Gasteiger partial charge in [-0.25, -0.2) is 18.2 Å². The molecule has 0 spiro atoms. The monoisotopic (exact) mass is 302 g/mol. The van der Waals surface area contributed by atoms with E-state index in [1.165, 1.54) is 24.3 Å². The Morgan fingerprint density at radius 1 is 1.52 bits per heavy atom. The SMILES string of the molecule is COC(=O)C1CC(F)(F)CN1NCCc1cccc(F)c1.